The van der Waals surface area contributed by atoms with E-state index in [-0.39, 0.29) is 6.61 Å². The van der Waals surface area contributed by atoms with Crippen LogP contribution in [0, 0.1) is 0 Å². The van der Waals surface area contributed by atoms with Gasteiger partial charge in [-0.25, -0.2) is 0 Å². The molecule has 0 heterocycles. The van der Waals surface area contributed by atoms with E-state index in [0.717, 1.165) is 0 Å². The second-order valence-electron chi connectivity index (χ2n) is 1.83. The minimum absolute atomic E-state index is 0.0584. The lowest BCUT2D eigenvalue weighted by molar-refractivity contribution is 0.166. The molecule has 0 fully saturated rings. The predicted molar refractivity (Wildman–Crippen MR) is 46.1 cm³/mol. The molecule has 0 aromatic carbocycles. The van der Waals surface area contributed by atoms with Crippen molar-refractivity contribution < 1.29 is 9.84 Å². The summed E-state index contributed by atoms with van der Waals surface area (Å²) in [7, 11) is 0. The van der Waals surface area contributed by atoms with Gasteiger partial charge in [-0.3, -0.25) is 0 Å². The molecule has 0 saturated heterocycles. The molecule has 0 aromatic rings. The van der Waals surface area contributed by atoms with Crippen LogP contribution in [-0.2, 0) is 4.74 Å². The Balaban J connectivity index is 3.28. The molecule has 0 saturated carbocycles. The summed E-state index contributed by atoms with van der Waals surface area (Å²) in [5, 5.41) is 8.32. The molecule has 0 spiro atoms. The summed E-state index contributed by atoms with van der Waals surface area (Å²) < 4.78 is 4.86. The van der Waals surface area contributed by atoms with Crippen molar-refractivity contribution in [2.24, 2.45) is 0 Å². The summed E-state index contributed by atoms with van der Waals surface area (Å²) in [5.74, 6) is 0. The van der Waals surface area contributed by atoms with Crippen LogP contribution < -0.4 is 0 Å². The number of hydrogen-bond acceptors (Lipinski definition) is 2. The van der Waals surface area contributed by atoms with Crippen molar-refractivity contribution in [2.45, 2.75) is 6.92 Å². The zero-order chi connectivity index (χ0) is 8.36. The molecular weight excluding hydrogens is 140 g/mol. The molecule has 11 heavy (non-hydrogen) atoms. The number of hydrogen-bond donors (Lipinski definition) is 1. The van der Waals surface area contributed by atoms with Crippen LogP contribution in [0.5, 0.6) is 0 Å². The first-order valence-corrected chi connectivity index (χ1v) is 3.58. The molecule has 0 aliphatic heterocycles. The molecule has 0 unspecified atom stereocenters. The first-order valence-electron chi connectivity index (χ1n) is 3.58. The SMILES string of the molecule is C\C=C/C=C\C=C\OCCO. The van der Waals surface area contributed by atoms with Gasteiger partial charge in [-0.1, -0.05) is 24.3 Å². The fraction of sp³-hybridized carbons (Fsp3) is 0.333. The predicted octanol–water partition coefficient (Wildman–Crippen LogP) is 1.64. The Bertz CT molecular complexity index is 146. The highest BCUT2D eigenvalue weighted by Gasteiger charge is 1.72. The van der Waals surface area contributed by atoms with Gasteiger partial charge >= 0.3 is 0 Å². The summed E-state index contributed by atoms with van der Waals surface area (Å²) in [6.07, 6.45) is 11.0. The molecule has 62 valence electrons. The highest BCUT2D eigenvalue weighted by Crippen LogP contribution is 1.81. The average Bonchev–Trinajstić information content (AvgIpc) is 2.03. The lowest BCUT2D eigenvalue weighted by Gasteiger charge is -1.91. The molecule has 0 aliphatic carbocycles. The lowest BCUT2D eigenvalue weighted by Crippen LogP contribution is -1.91. The standard InChI is InChI=1S/C9H14O2/c1-2-3-4-5-6-8-11-9-7-10/h2-6,8,10H,7,9H2,1H3/b3-2-,5-4-,8-6+. The number of allylic oxidation sites excluding steroid dienone is 5. The van der Waals surface area contributed by atoms with Crippen molar-refractivity contribution in [2.75, 3.05) is 13.2 Å². The highest BCUT2D eigenvalue weighted by atomic mass is 16.5. The van der Waals surface area contributed by atoms with E-state index in [4.69, 9.17) is 9.84 Å². The minimum atomic E-state index is 0.0584. The van der Waals surface area contributed by atoms with E-state index in [1.54, 1.807) is 12.3 Å². The molecule has 1 N–H and O–H groups in total. The number of aliphatic hydroxyl groups is 1. The van der Waals surface area contributed by atoms with E-state index >= 15 is 0 Å². The number of rotatable bonds is 5. The molecular formula is C9H14O2. The third kappa shape index (κ3) is 8.98. The van der Waals surface area contributed by atoms with E-state index < -0.39 is 0 Å². The molecule has 2 nitrogen and oxygen atoms in total. The fourth-order valence-electron chi connectivity index (χ4n) is 0.461. The average molecular weight is 154 g/mol. The van der Waals surface area contributed by atoms with Gasteiger partial charge in [0.2, 0.25) is 0 Å². The Morgan fingerprint density at radius 3 is 2.55 bits per heavy atom. The third-order valence-corrected chi connectivity index (χ3v) is 0.910. The fourth-order valence-corrected chi connectivity index (χ4v) is 0.461. The van der Waals surface area contributed by atoms with E-state index in [0.29, 0.717) is 6.61 Å². The highest BCUT2D eigenvalue weighted by molar-refractivity contribution is 5.09. The van der Waals surface area contributed by atoms with Gasteiger partial charge in [0, 0.05) is 0 Å². The van der Waals surface area contributed by atoms with Crippen LogP contribution in [0.15, 0.2) is 36.6 Å². The van der Waals surface area contributed by atoms with Gasteiger partial charge in [0.1, 0.15) is 6.61 Å². The Hall–Kier alpha value is -1.02. The summed E-state index contributed by atoms with van der Waals surface area (Å²) in [6, 6.07) is 0. The molecule has 0 aliphatic rings. The zero-order valence-corrected chi connectivity index (χ0v) is 6.73. The Labute approximate surface area is 67.5 Å². The summed E-state index contributed by atoms with van der Waals surface area (Å²) >= 11 is 0. The third-order valence-electron chi connectivity index (χ3n) is 0.910. The van der Waals surface area contributed by atoms with Crippen molar-refractivity contribution >= 4 is 0 Å². The quantitative estimate of drug-likeness (QED) is 0.370. The van der Waals surface area contributed by atoms with Crippen molar-refractivity contribution in [3.63, 3.8) is 0 Å². The molecule has 2 heteroatoms. The van der Waals surface area contributed by atoms with Crippen molar-refractivity contribution in [3.05, 3.63) is 36.6 Å². The van der Waals surface area contributed by atoms with Crippen LogP contribution in [0.25, 0.3) is 0 Å². The van der Waals surface area contributed by atoms with E-state index in [2.05, 4.69) is 0 Å². The normalized spacial score (nSPS) is 12.2. The van der Waals surface area contributed by atoms with Gasteiger partial charge in [-0.05, 0) is 13.0 Å². The number of aliphatic hydroxyl groups excluding tert-OH is 1. The van der Waals surface area contributed by atoms with Crippen molar-refractivity contribution in [1.82, 2.24) is 0 Å². The van der Waals surface area contributed by atoms with Crippen LogP contribution in [0.3, 0.4) is 0 Å². The largest absolute Gasteiger partial charge is 0.499 e. The van der Waals surface area contributed by atoms with Gasteiger partial charge < -0.3 is 9.84 Å². The van der Waals surface area contributed by atoms with Crippen molar-refractivity contribution in [1.29, 1.82) is 0 Å². The molecule has 0 bridgehead atoms. The summed E-state index contributed by atoms with van der Waals surface area (Å²) in [6.45, 7) is 2.37. The zero-order valence-electron chi connectivity index (χ0n) is 6.73. The molecule has 0 rings (SSSR count). The smallest absolute Gasteiger partial charge is 0.110 e. The van der Waals surface area contributed by atoms with Gasteiger partial charge in [0.05, 0.1) is 12.9 Å². The summed E-state index contributed by atoms with van der Waals surface area (Å²) in [4.78, 5) is 0. The maximum Gasteiger partial charge on any atom is 0.110 e. The first-order chi connectivity index (χ1) is 5.41. The van der Waals surface area contributed by atoms with E-state index in [1.165, 1.54) is 0 Å². The van der Waals surface area contributed by atoms with Gasteiger partial charge in [0.25, 0.3) is 0 Å². The monoisotopic (exact) mass is 154 g/mol. The Kier molecular flexibility index (Phi) is 8.15. The van der Waals surface area contributed by atoms with Crippen molar-refractivity contribution in [3.8, 4) is 0 Å². The van der Waals surface area contributed by atoms with Crippen LogP contribution in [0.4, 0.5) is 0 Å². The Morgan fingerprint density at radius 2 is 1.91 bits per heavy atom. The molecule has 0 amide bonds. The van der Waals surface area contributed by atoms with Gasteiger partial charge in [-0.2, -0.15) is 0 Å². The summed E-state index contributed by atoms with van der Waals surface area (Å²) in [5.41, 5.74) is 0. The Morgan fingerprint density at radius 1 is 1.18 bits per heavy atom. The van der Waals surface area contributed by atoms with E-state index in [1.807, 2.05) is 31.2 Å². The molecule has 0 aromatic heterocycles. The van der Waals surface area contributed by atoms with E-state index in [9.17, 15) is 0 Å². The maximum atomic E-state index is 8.32. The minimum Gasteiger partial charge on any atom is -0.499 e. The van der Waals surface area contributed by atoms with Crippen LogP contribution in [0.2, 0.25) is 0 Å². The first kappa shape index (κ1) is 9.98. The van der Waals surface area contributed by atoms with Crippen LogP contribution in [0.1, 0.15) is 6.92 Å². The lowest BCUT2D eigenvalue weighted by atomic mass is 10.4. The number of ether oxygens (including phenoxy) is 1. The van der Waals surface area contributed by atoms with Gasteiger partial charge in [-0.15, -0.1) is 0 Å². The molecule has 0 atom stereocenters. The second-order valence-corrected chi connectivity index (χ2v) is 1.83. The van der Waals surface area contributed by atoms with Gasteiger partial charge in [0.15, 0.2) is 0 Å². The van der Waals surface area contributed by atoms with Crippen LogP contribution in [-0.4, -0.2) is 18.3 Å². The molecule has 0 radical (unpaired) electrons. The topological polar surface area (TPSA) is 29.5 Å². The maximum absolute atomic E-state index is 8.32. The van der Waals surface area contributed by atoms with Crippen LogP contribution >= 0.6 is 0 Å². The second kappa shape index (κ2) is 8.98.